The second-order valence-corrected chi connectivity index (χ2v) is 4.70. The van der Waals surface area contributed by atoms with Crippen LogP contribution in [0.1, 0.15) is 10.4 Å². The SMILES string of the molecule is CS(=O)(=O)Nc1cc(O)cc(C(=O)O)c1. The highest BCUT2D eigenvalue weighted by molar-refractivity contribution is 7.92. The molecular weight excluding hydrogens is 222 g/mol. The summed E-state index contributed by atoms with van der Waals surface area (Å²) in [6.07, 6.45) is 0.928. The molecule has 0 aromatic heterocycles. The van der Waals surface area contributed by atoms with E-state index in [-0.39, 0.29) is 17.0 Å². The second-order valence-electron chi connectivity index (χ2n) is 2.95. The predicted octanol–water partition coefficient (Wildman–Crippen LogP) is 0.462. The minimum atomic E-state index is -3.49. The number of carboxylic acid groups (broad SMARTS) is 1. The van der Waals surface area contributed by atoms with Gasteiger partial charge in [0.25, 0.3) is 0 Å². The van der Waals surface area contributed by atoms with Crippen LogP contribution in [0.3, 0.4) is 0 Å². The third kappa shape index (κ3) is 3.47. The number of phenolic OH excluding ortho intramolecular Hbond substituents is 1. The number of sulfonamides is 1. The van der Waals surface area contributed by atoms with Crippen molar-refractivity contribution in [3.05, 3.63) is 23.8 Å². The molecular formula is C8H9NO5S. The average Bonchev–Trinajstić information content (AvgIpc) is 1.99. The lowest BCUT2D eigenvalue weighted by atomic mass is 10.2. The largest absolute Gasteiger partial charge is 0.508 e. The predicted molar refractivity (Wildman–Crippen MR) is 53.5 cm³/mol. The molecule has 3 N–H and O–H groups in total. The van der Waals surface area contributed by atoms with E-state index < -0.39 is 16.0 Å². The van der Waals surface area contributed by atoms with Gasteiger partial charge in [0.05, 0.1) is 17.5 Å². The van der Waals surface area contributed by atoms with Crippen LogP contribution in [0.4, 0.5) is 5.69 Å². The number of hydrogen-bond donors (Lipinski definition) is 3. The number of phenols is 1. The van der Waals surface area contributed by atoms with Crippen LogP contribution in [0.25, 0.3) is 0 Å². The van der Waals surface area contributed by atoms with Crippen LogP contribution < -0.4 is 4.72 Å². The van der Waals surface area contributed by atoms with E-state index in [0.717, 1.165) is 24.5 Å². The van der Waals surface area contributed by atoms with Crippen LogP contribution in [0.15, 0.2) is 18.2 Å². The molecule has 0 aliphatic rings. The molecule has 1 aromatic rings. The first kappa shape index (κ1) is 11.3. The van der Waals surface area contributed by atoms with E-state index in [1.807, 2.05) is 0 Å². The molecule has 0 amide bonds. The summed E-state index contributed by atoms with van der Waals surface area (Å²) >= 11 is 0. The molecule has 0 heterocycles. The van der Waals surface area contributed by atoms with Crippen molar-refractivity contribution in [2.45, 2.75) is 0 Å². The van der Waals surface area contributed by atoms with E-state index in [2.05, 4.69) is 4.72 Å². The molecule has 0 atom stereocenters. The van der Waals surface area contributed by atoms with Crippen molar-refractivity contribution in [3.8, 4) is 5.75 Å². The molecule has 0 radical (unpaired) electrons. The Hall–Kier alpha value is -1.76. The van der Waals surface area contributed by atoms with Crippen molar-refractivity contribution in [3.63, 3.8) is 0 Å². The Morgan fingerprint density at radius 2 is 1.93 bits per heavy atom. The molecule has 0 aliphatic carbocycles. The van der Waals surface area contributed by atoms with Gasteiger partial charge >= 0.3 is 5.97 Å². The molecule has 6 nitrogen and oxygen atoms in total. The summed E-state index contributed by atoms with van der Waals surface area (Å²) in [5.41, 5.74) is -0.184. The van der Waals surface area contributed by atoms with Gasteiger partial charge in [-0.3, -0.25) is 4.72 Å². The molecule has 1 aromatic carbocycles. The Labute approximate surface area is 86.2 Å². The van der Waals surface area contributed by atoms with Crippen LogP contribution >= 0.6 is 0 Å². The molecule has 15 heavy (non-hydrogen) atoms. The maximum Gasteiger partial charge on any atom is 0.335 e. The number of nitrogens with one attached hydrogen (secondary N) is 1. The zero-order chi connectivity index (χ0) is 11.6. The molecule has 0 aliphatic heterocycles. The van der Waals surface area contributed by atoms with Crippen molar-refractivity contribution in [2.75, 3.05) is 11.0 Å². The fourth-order valence-electron chi connectivity index (χ4n) is 1.01. The number of carboxylic acids is 1. The van der Waals surface area contributed by atoms with E-state index in [1.54, 1.807) is 0 Å². The van der Waals surface area contributed by atoms with Crippen molar-refractivity contribution >= 4 is 21.7 Å². The molecule has 0 bridgehead atoms. The van der Waals surface area contributed by atoms with Gasteiger partial charge in [-0.05, 0) is 12.1 Å². The van der Waals surface area contributed by atoms with E-state index in [4.69, 9.17) is 10.2 Å². The van der Waals surface area contributed by atoms with Crippen molar-refractivity contribution in [1.29, 1.82) is 0 Å². The van der Waals surface area contributed by atoms with Crippen LogP contribution in [0, 0.1) is 0 Å². The third-order valence-corrected chi connectivity index (χ3v) is 2.07. The number of aromatic hydroxyl groups is 1. The van der Waals surface area contributed by atoms with Gasteiger partial charge in [0.1, 0.15) is 5.75 Å². The number of benzene rings is 1. The van der Waals surface area contributed by atoms with E-state index in [1.165, 1.54) is 0 Å². The Bertz CT molecular complexity index is 494. The second kappa shape index (κ2) is 3.77. The summed E-state index contributed by atoms with van der Waals surface area (Å²) < 4.78 is 23.8. The Morgan fingerprint density at radius 1 is 1.33 bits per heavy atom. The first-order valence-corrected chi connectivity index (χ1v) is 5.72. The van der Waals surface area contributed by atoms with E-state index in [9.17, 15) is 13.2 Å². The fourth-order valence-corrected chi connectivity index (χ4v) is 1.55. The van der Waals surface area contributed by atoms with Crippen molar-refractivity contribution < 1.29 is 23.4 Å². The van der Waals surface area contributed by atoms with Gasteiger partial charge in [-0.1, -0.05) is 0 Å². The monoisotopic (exact) mass is 231 g/mol. The summed E-state index contributed by atoms with van der Waals surface area (Å²) in [6, 6.07) is 3.26. The summed E-state index contributed by atoms with van der Waals surface area (Å²) in [7, 11) is -3.49. The summed E-state index contributed by atoms with van der Waals surface area (Å²) in [5, 5.41) is 17.8. The van der Waals surface area contributed by atoms with Crippen LogP contribution in [0.2, 0.25) is 0 Å². The average molecular weight is 231 g/mol. The minimum Gasteiger partial charge on any atom is -0.508 e. The van der Waals surface area contributed by atoms with Gasteiger partial charge in [0, 0.05) is 6.07 Å². The zero-order valence-electron chi connectivity index (χ0n) is 7.76. The van der Waals surface area contributed by atoms with Crippen molar-refractivity contribution in [1.82, 2.24) is 0 Å². The summed E-state index contributed by atoms with van der Waals surface area (Å²) in [4.78, 5) is 10.6. The summed E-state index contributed by atoms with van der Waals surface area (Å²) in [6.45, 7) is 0. The smallest absolute Gasteiger partial charge is 0.335 e. The molecule has 0 unspecified atom stereocenters. The highest BCUT2D eigenvalue weighted by Crippen LogP contribution is 2.20. The lowest BCUT2D eigenvalue weighted by Crippen LogP contribution is -2.10. The summed E-state index contributed by atoms with van der Waals surface area (Å²) in [5.74, 6) is -1.57. The van der Waals surface area contributed by atoms with Gasteiger partial charge < -0.3 is 10.2 Å². The normalized spacial score (nSPS) is 11.0. The quantitative estimate of drug-likeness (QED) is 0.701. The molecule has 7 heteroatoms. The van der Waals surface area contributed by atoms with Crippen LogP contribution in [0.5, 0.6) is 5.75 Å². The van der Waals surface area contributed by atoms with Gasteiger partial charge in [-0.2, -0.15) is 0 Å². The minimum absolute atomic E-state index is 0.00917. The topological polar surface area (TPSA) is 104 Å². The van der Waals surface area contributed by atoms with Gasteiger partial charge in [0.2, 0.25) is 10.0 Å². The molecule has 82 valence electrons. The number of aromatic carboxylic acids is 1. The Kier molecular flexibility index (Phi) is 2.85. The first-order valence-electron chi connectivity index (χ1n) is 3.83. The number of carbonyl (C=O) groups is 1. The lowest BCUT2D eigenvalue weighted by molar-refractivity contribution is 0.0696. The van der Waals surface area contributed by atoms with Gasteiger partial charge in [-0.25, -0.2) is 13.2 Å². The van der Waals surface area contributed by atoms with Crippen LogP contribution in [-0.2, 0) is 10.0 Å². The fraction of sp³-hybridized carbons (Fsp3) is 0.125. The molecule has 0 saturated carbocycles. The molecule has 0 saturated heterocycles. The molecule has 0 fully saturated rings. The van der Waals surface area contributed by atoms with Gasteiger partial charge in [0.15, 0.2) is 0 Å². The van der Waals surface area contributed by atoms with Crippen molar-refractivity contribution in [2.24, 2.45) is 0 Å². The highest BCUT2D eigenvalue weighted by atomic mass is 32.2. The maximum absolute atomic E-state index is 10.9. The Morgan fingerprint density at radius 3 is 2.40 bits per heavy atom. The van der Waals surface area contributed by atoms with Gasteiger partial charge in [-0.15, -0.1) is 0 Å². The standard InChI is InChI=1S/C8H9NO5S/c1-15(13,14)9-6-2-5(8(11)12)3-7(10)4-6/h2-4,9-10H,1H3,(H,11,12). The Balaban J connectivity index is 3.15. The molecule has 0 spiro atoms. The highest BCUT2D eigenvalue weighted by Gasteiger charge is 2.09. The molecule has 1 rings (SSSR count). The zero-order valence-corrected chi connectivity index (χ0v) is 8.58. The third-order valence-electron chi connectivity index (χ3n) is 1.47. The first-order chi connectivity index (χ1) is 6.78. The van der Waals surface area contributed by atoms with E-state index in [0.29, 0.717) is 0 Å². The van der Waals surface area contributed by atoms with Crippen LogP contribution in [-0.4, -0.2) is 30.9 Å². The number of anilines is 1. The lowest BCUT2D eigenvalue weighted by Gasteiger charge is -2.05. The number of rotatable bonds is 3. The maximum atomic E-state index is 10.9. The number of hydrogen-bond acceptors (Lipinski definition) is 4. The van der Waals surface area contributed by atoms with E-state index >= 15 is 0 Å².